The lowest BCUT2D eigenvalue weighted by molar-refractivity contribution is 0.375. The first-order valence-corrected chi connectivity index (χ1v) is 5.69. The van der Waals surface area contributed by atoms with Crippen LogP contribution >= 0.6 is 0 Å². The summed E-state index contributed by atoms with van der Waals surface area (Å²) in [6.07, 6.45) is 3.10. The molecule has 3 nitrogen and oxygen atoms in total. The quantitative estimate of drug-likeness (QED) is 0.786. The summed E-state index contributed by atoms with van der Waals surface area (Å²) < 4.78 is 5.20. The van der Waals surface area contributed by atoms with E-state index in [1.54, 1.807) is 0 Å². The molecule has 0 aliphatic heterocycles. The van der Waals surface area contributed by atoms with Crippen molar-refractivity contribution in [2.24, 2.45) is 0 Å². The number of nitrogens with zero attached hydrogens (tertiary/aromatic N) is 2. The van der Waals surface area contributed by atoms with Gasteiger partial charge in [-0.15, -0.1) is 0 Å². The van der Waals surface area contributed by atoms with Crippen LogP contribution < -0.4 is 0 Å². The van der Waals surface area contributed by atoms with Crippen LogP contribution in [0.1, 0.15) is 31.2 Å². The van der Waals surface area contributed by atoms with Crippen molar-refractivity contribution in [3.63, 3.8) is 0 Å². The molecule has 0 amide bonds. The minimum absolute atomic E-state index is 0.690. The van der Waals surface area contributed by atoms with Crippen molar-refractivity contribution in [1.29, 1.82) is 0 Å². The van der Waals surface area contributed by atoms with Gasteiger partial charge in [-0.05, 0) is 19.4 Å². The molecular weight excluding hydrogens is 200 g/mol. The number of hydrogen-bond acceptors (Lipinski definition) is 3. The first-order chi connectivity index (χ1) is 7.79. The molecule has 1 heterocycles. The lowest BCUT2D eigenvalue weighted by Crippen LogP contribution is -1.85. The minimum atomic E-state index is 0.690. The number of hydrogen-bond donors (Lipinski definition) is 0. The molecule has 2 rings (SSSR count). The van der Waals surface area contributed by atoms with Crippen molar-refractivity contribution >= 4 is 0 Å². The average molecular weight is 216 g/mol. The van der Waals surface area contributed by atoms with Gasteiger partial charge in [0.25, 0.3) is 0 Å². The Kier molecular flexibility index (Phi) is 3.34. The number of aryl methyl sites for hydroxylation is 2. The average Bonchev–Trinajstić information content (AvgIpc) is 2.75. The lowest BCUT2D eigenvalue weighted by Gasteiger charge is -1.95. The van der Waals surface area contributed by atoms with E-state index in [1.807, 2.05) is 12.1 Å². The Morgan fingerprint density at radius 3 is 2.94 bits per heavy atom. The molecule has 0 unspecified atom stereocenters. The van der Waals surface area contributed by atoms with Gasteiger partial charge in [-0.2, -0.15) is 4.98 Å². The van der Waals surface area contributed by atoms with Gasteiger partial charge in [-0.3, -0.25) is 0 Å². The van der Waals surface area contributed by atoms with Crippen molar-refractivity contribution in [2.75, 3.05) is 0 Å². The van der Waals surface area contributed by atoms with Gasteiger partial charge in [0.05, 0.1) is 0 Å². The van der Waals surface area contributed by atoms with E-state index in [-0.39, 0.29) is 0 Å². The van der Waals surface area contributed by atoms with E-state index >= 15 is 0 Å². The molecule has 0 radical (unpaired) electrons. The Morgan fingerprint density at radius 2 is 2.19 bits per heavy atom. The van der Waals surface area contributed by atoms with Crippen LogP contribution in [0.5, 0.6) is 0 Å². The highest BCUT2D eigenvalue weighted by Crippen LogP contribution is 2.17. The number of unbranched alkanes of at least 4 members (excludes halogenated alkanes) is 1. The highest BCUT2D eigenvalue weighted by atomic mass is 16.5. The van der Waals surface area contributed by atoms with E-state index in [0.717, 1.165) is 30.7 Å². The summed E-state index contributed by atoms with van der Waals surface area (Å²) in [5.74, 6) is 1.42. The second kappa shape index (κ2) is 4.92. The molecule has 84 valence electrons. The predicted molar refractivity (Wildman–Crippen MR) is 63.1 cm³/mol. The summed E-state index contributed by atoms with van der Waals surface area (Å²) in [4.78, 5) is 4.38. The molecule has 1 aromatic carbocycles. The highest BCUT2D eigenvalue weighted by Gasteiger charge is 2.07. The maximum atomic E-state index is 5.20. The number of benzene rings is 1. The van der Waals surface area contributed by atoms with Gasteiger partial charge in [0.15, 0.2) is 0 Å². The van der Waals surface area contributed by atoms with Crippen molar-refractivity contribution in [2.45, 2.75) is 33.1 Å². The molecule has 0 bridgehead atoms. The second-order valence-electron chi connectivity index (χ2n) is 3.98. The van der Waals surface area contributed by atoms with E-state index in [2.05, 4.69) is 36.1 Å². The largest absolute Gasteiger partial charge is 0.339 e. The molecule has 0 fully saturated rings. The molecule has 0 atom stereocenters. The Morgan fingerprint density at radius 1 is 1.31 bits per heavy atom. The van der Waals surface area contributed by atoms with Crippen molar-refractivity contribution in [1.82, 2.24) is 10.1 Å². The van der Waals surface area contributed by atoms with Gasteiger partial charge < -0.3 is 4.52 Å². The molecular formula is C13H16N2O. The van der Waals surface area contributed by atoms with Gasteiger partial charge >= 0.3 is 0 Å². The molecule has 0 saturated carbocycles. The standard InChI is InChI=1S/C13H16N2O/c1-3-4-8-12-14-13(15-16-12)11-7-5-6-10(2)9-11/h5-7,9H,3-4,8H2,1-2H3. The van der Waals surface area contributed by atoms with Gasteiger partial charge in [0, 0.05) is 12.0 Å². The molecule has 0 spiro atoms. The molecule has 3 heteroatoms. The highest BCUT2D eigenvalue weighted by molar-refractivity contribution is 5.55. The van der Waals surface area contributed by atoms with Gasteiger partial charge in [0.1, 0.15) is 0 Å². The van der Waals surface area contributed by atoms with Crippen LogP contribution in [0.3, 0.4) is 0 Å². The van der Waals surface area contributed by atoms with Crippen LogP contribution in [0.25, 0.3) is 11.4 Å². The van der Waals surface area contributed by atoms with E-state index in [1.165, 1.54) is 5.56 Å². The molecule has 0 aliphatic rings. The minimum Gasteiger partial charge on any atom is -0.339 e. The summed E-state index contributed by atoms with van der Waals surface area (Å²) in [6, 6.07) is 8.13. The maximum Gasteiger partial charge on any atom is 0.226 e. The maximum absolute atomic E-state index is 5.20. The summed E-state index contributed by atoms with van der Waals surface area (Å²) >= 11 is 0. The van der Waals surface area contributed by atoms with Crippen LogP contribution in [0.4, 0.5) is 0 Å². The number of aromatic nitrogens is 2. The van der Waals surface area contributed by atoms with Crippen LogP contribution in [0, 0.1) is 6.92 Å². The SMILES string of the molecule is CCCCc1nc(-c2cccc(C)c2)no1. The van der Waals surface area contributed by atoms with E-state index in [9.17, 15) is 0 Å². The number of rotatable bonds is 4. The van der Waals surface area contributed by atoms with Crippen LogP contribution in [0.2, 0.25) is 0 Å². The van der Waals surface area contributed by atoms with Gasteiger partial charge in [0.2, 0.25) is 11.7 Å². The second-order valence-corrected chi connectivity index (χ2v) is 3.98. The molecule has 2 aromatic rings. The van der Waals surface area contributed by atoms with Crippen LogP contribution in [-0.4, -0.2) is 10.1 Å². The fourth-order valence-corrected chi connectivity index (χ4v) is 1.59. The Labute approximate surface area is 95.5 Å². The Bertz CT molecular complexity index is 462. The zero-order valence-corrected chi connectivity index (χ0v) is 9.73. The summed E-state index contributed by atoms with van der Waals surface area (Å²) in [5, 5.41) is 3.99. The van der Waals surface area contributed by atoms with Crippen molar-refractivity contribution in [3.8, 4) is 11.4 Å². The zero-order chi connectivity index (χ0) is 11.4. The smallest absolute Gasteiger partial charge is 0.226 e. The van der Waals surface area contributed by atoms with E-state index in [4.69, 9.17) is 4.52 Å². The van der Waals surface area contributed by atoms with E-state index < -0.39 is 0 Å². The normalized spacial score (nSPS) is 10.6. The molecule has 0 aliphatic carbocycles. The topological polar surface area (TPSA) is 38.9 Å². The Hall–Kier alpha value is -1.64. The predicted octanol–water partition coefficient (Wildman–Crippen LogP) is 3.39. The fourth-order valence-electron chi connectivity index (χ4n) is 1.59. The Balaban J connectivity index is 2.18. The third-order valence-corrected chi connectivity index (χ3v) is 2.49. The third kappa shape index (κ3) is 2.48. The van der Waals surface area contributed by atoms with E-state index in [0.29, 0.717) is 5.82 Å². The first-order valence-electron chi connectivity index (χ1n) is 5.69. The first kappa shape index (κ1) is 10.9. The van der Waals surface area contributed by atoms with Crippen LogP contribution in [-0.2, 0) is 6.42 Å². The molecule has 0 saturated heterocycles. The molecule has 1 aromatic heterocycles. The zero-order valence-electron chi connectivity index (χ0n) is 9.73. The van der Waals surface area contributed by atoms with Gasteiger partial charge in [-0.25, -0.2) is 0 Å². The van der Waals surface area contributed by atoms with Gasteiger partial charge in [-0.1, -0.05) is 42.3 Å². The molecule has 16 heavy (non-hydrogen) atoms. The molecule has 0 N–H and O–H groups in total. The third-order valence-electron chi connectivity index (χ3n) is 2.49. The fraction of sp³-hybridized carbons (Fsp3) is 0.385. The lowest BCUT2D eigenvalue weighted by atomic mass is 10.1. The van der Waals surface area contributed by atoms with Crippen molar-refractivity contribution < 1.29 is 4.52 Å². The van der Waals surface area contributed by atoms with Crippen LogP contribution in [0.15, 0.2) is 28.8 Å². The van der Waals surface area contributed by atoms with Crippen molar-refractivity contribution in [3.05, 3.63) is 35.7 Å². The monoisotopic (exact) mass is 216 g/mol. The summed E-state index contributed by atoms with van der Waals surface area (Å²) in [6.45, 7) is 4.21. The summed E-state index contributed by atoms with van der Waals surface area (Å²) in [7, 11) is 0. The summed E-state index contributed by atoms with van der Waals surface area (Å²) in [5.41, 5.74) is 2.23.